The molecule has 0 nitrogen and oxygen atoms in total. The molecule has 0 radical (unpaired) electrons. The Hall–Kier alpha value is -0.430. The number of thiol groups is 1. The van der Waals surface area contributed by atoms with Crippen LogP contribution >= 0.6 is 12.6 Å². The van der Waals surface area contributed by atoms with Crippen molar-refractivity contribution in [1.82, 2.24) is 0 Å². The summed E-state index contributed by atoms with van der Waals surface area (Å²) >= 11 is 3.79. The number of benzene rings is 1. The number of aryl methyl sites for hydroxylation is 3. The number of rotatable bonds is 1. The molecule has 0 unspecified atom stereocenters. The zero-order valence-electron chi connectivity index (χ0n) is 13.1. The minimum absolute atomic E-state index is 0.944. The van der Waals surface area contributed by atoms with Crippen LogP contribution in [0.4, 0.5) is 0 Å². The molecule has 0 fully saturated rings. The van der Waals surface area contributed by atoms with Crippen molar-refractivity contribution in [2.24, 2.45) is 0 Å². The highest BCUT2D eigenvalue weighted by molar-refractivity contribution is 7.80. The Kier molecular flexibility index (Phi) is 23.0. The zero-order valence-corrected chi connectivity index (χ0v) is 14.0. The van der Waals surface area contributed by atoms with Crippen molar-refractivity contribution in [2.75, 3.05) is 5.75 Å². The third kappa shape index (κ3) is 13.5. The highest BCUT2D eigenvalue weighted by Gasteiger charge is 1.92. The normalized spacial score (nSPS) is 7.59. The molecule has 1 rings (SSSR count). The van der Waals surface area contributed by atoms with Gasteiger partial charge in [-0.2, -0.15) is 12.6 Å². The third-order valence-corrected chi connectivity index (χ3v) is 1.98. The smallest absolute Gasteiger partial charge is 0.0126 e. The van der Waals surface area contributed by atoms with Gasteiger partial charge in [0, 0.05) is 0 Å². The first-order chi connectivity index (χ1) is 8.15. The monoisotopic (exact) mass is 256 g/mol. The topological polar surface area (TPSA) is 0 Å². The highest BCUT2D eigenvalue weighted by atomic mass is 32.1. The van der Waals surface area contributed by atoms with Crippen LogP contribution in [0.2, 0.25) is 0 Å². The van der Waals surface area contributed by atoms with Gasteiger partial charge in [0.05, 0.1) is 0 Å². The summed E-state index contributed by atoms with van der Waals surface area (Å²) in [7, 11) is 0. The molecule has 0 saturated heterocycles. The molecule has 0 atom stereocenters. The molecule has 0 bridgehead atoms. The SMILES string of the molecule is CC.CC.CCS.CCc1ccc(C)c(C)c1. The van der Waals surface area contributed by atoms with Gasteiger partial charge in [-0.25, -0.2) is 0 Å². The van der Waals surface area contributed by atoms with Crippen LogP contribution in [0.5, 0.6) is 0 Å². The van der Waals surface area contributed by atoms with Crippen LogP contribution in [0.3, 0.4) is 0 Å². The van der Waals surface area contributed by atoms with Crippen molar-refractivity contribution in [2.45, 2.75) is 61.8 Å². The Morgan fingerprint density at radius 1 is 0.882 bits per heavy atom. The second kappa shape index (κ2) is 17.9. The summed E-state index contributed by atoms with van der Waals surface area (Å²) in [5.74, 6) is 0.944. The van der Waals surface area contributed by atoms with Gasteiger partial charge in [-0.1, -0.05) is 59.7 Å². The van der Waals surface area contributed by atoms with E-state index in [1.54, 1.807) is 0 Å². The second-order valence-corrected chi connectivity index (χ2v) is 3.72. The van der Waals surface area contributed by atoms with E-state index in [0.717, 1.165) is 12.2 Å². The van der Waals surface area contributed by atoms with Crippen LogP contribution in [0, 0.1) is 13.8 Å². The number of hydrogen-bond acceptors (Lipinski definition) is 1. The summed E-state index contributed by atoms with van der Waals surface area (Å²) in [5, 5.41) is 0. The van der Waals surface area contributed by atoms with E-state index in [-0.39, 0.29) is 0 Å². The van der Waals surface area contributed by atoms with Crippen molar-refractivity contribution in [3.63, 3.8) is 0 Å². The van der Waals surface area contributed by atoms with Crippen LogP contribution in [-0.2, 0) is 6.42 Å². The van der Waals surface area contributed by atoms with E-state index in [0.29, 0.717) is 0 Å². The molecule has 102 valence electrons. The van der Waals surface area contributed by atoms with Gasteiger partial charge in [0.15, 0.2) is 0 Å². The minimum Gasteiger partial charge on any atom is -0.180 e. The summed E-state index contributed by atoms with van der Waals surface area (Å²) in [6.45, 7) is 16.5. The fourth-order valence-corrected chi connectivity index (χ4v) is 1.02. The van der Waals surface area contributed by atoms with Crippen molar-refractivity contribution >= 4 is 12.6 Å². The molecular formula is C16H32S. The largest absolute Gasteiger partial charge is 0.180 e. The summed E-state index contributed by atoms with van der Waals surface area (Å²) in [6.07, 6.45) is 1.14. The lowest BCUT2D eigenvalue weighted by molar-refractivity contribution is 1.12. The summed E-state index contributed by atoms with van der Waals surface area (Å²) in [4.78, 5) is 0. The Balaban J connectivity index is -0.000000239. The fraction of sp³-hybridized carbons (Fsp3) is 0.625. The van der Waals surface area contributed by atoms with Gasteiger partial charge in [-0.15, -0.1) is 0 Å². The summed E-state index contributed by atoms with van der Waals surface area (Å²) in [5.41, 5.74) is 4.22. The van der Waals surface area contributed by atoms with Gasteiger partial charge in [0.25, 0.3) is 0 Å². The fourth-order valence-electron chi connectivity index (χ4n) is 1.02. The lowest BCUT2D eigenvalue weighted by Gasteiger charge is -2.01. The van der Waals surface area contributed by atoms with Gasteiger partial charge in [0.1, 0.15) is 0 Å². The highest BCUT2D eigenvalue weighted by Crippen LogP contribution is 2.09. The van der Waals surface area contributed by atoms with Crippen molar-refractivity contribution < 1.29 is 0 Å². The molecule has 0 spiro atoms. The molecule has 1 aromatic carbocycles. The molecule has 0 aromatic heterocycles. The maximum absolute atomic E-state index is 3.79. The Labute approximate surface area is 115 Å². The van der Waals surface area contributed by atoms with E-state index in [1.165, 1.54) is 16.7 Å². The average Bonchev–Trinajstić information content (AvgIpc) is 2.38. The lowest BCUT2D eigenvalue weighted by atomic mass is 10.1. The van der Waals surface area contributed by atoms with Gasteiger partial charge in [0.2, 0.25) is 0 Å². The molecule has 1 heteroatoms. The van der Waals surface area contributed by atoms with Crippen molar-refractivity contribution in [3.05, 3.63) is 34.9 Å². The van der Waals surface area contributed by atoms with Gasteiger partial charge in [-0.05, 0) is 42.7 Å². The van der Waals surface area contributed by atoms with Crippen LogP contribution in [0.25, 0.3) is 0 Å². The molecule has 0 amide bonds. The van der Waals surface area contributed by atoms with Crippen LogP contribution in [0.1, 0.15) is 58.2 Å². The minimum atomic E-state index is 0.944. The lowest BCUT2D eigenvalue weighted by Crippen LogP contribution is -1.84. The first-order valence-corrected chi connectivity index (χ1v) is 7.45. The summed E-state index contributed by atoms with van der Waals surface area (Å²) < 4.78 is 0. The molecular weight excluding hydrogens is 224 g/mol. The first kappa shape index (κ1) is 21.8. The van der Waals surface area contributed by atoms with Crippen LogP contribution < -0.4 is 0 Å². The quantitative estimate of drug-likeness (QED) is 0.598. The maximum Gasteiger partial charge on any atom is -0.0126 e. The summed E-state index contributed by atoms with van der Waals surface area (Å²) in [6, 6.07) is 6.64. The molecule has 0 aliphatic carbocycles. The van der Waals surface area contributed by atoms with Crippen molar-refractivity contribution in [1.29, 1.82) is 0 Å². The molecule has 1 aromatic rings. The van der Waals surface area contributed by atoms with Crippen LogP contribution in [-0.4, -0.2) is 5.75 Å². The van der Waals surface area contributed by atoms with Gasteiger partial charge < -0.3 is 0 Å². The van der Waals surface area contributed by atoms with E-state index in [9.17, 15) is 0 Å². The predicted molar refractivity (Wildman–Crippen MR) is 87.5 cm³/mol. The predicted octanol–water partition coefficient (Wildman–Crippen LogP) is 5.85. The average molecular weight is 256 g/mol. The van der Waals surface area contributed by atoms with E-state index in [2.05, 4.69) is 51.6 Å². The third-order valence-electron chi connectivity index (χ3n) is 1.98. The van der Waals surface area contributed by atoms with E-state index in [4.69, 9.17) is 0 Å². The molecule has 17 heavy (non-hydrogen) atoms. The number of hydrogen-bond donors (Lipinski definition) is 1. The molecule has 0 N–H and O–H groups in total. The Morgan fingerprint density at radius 2 is 1.29 bits per heavy atom. The van der Waals surface area contributed by atoms with E-state index >= 15 is 0 Å². The van der Waals surface area contributed by atoms with Gasteiger partial charge >= 0.3 is 0 Å². The van der Waals surface area contributed by atoms with Crippen molar-refractivity contribution in [3.8, 4) is 0 Å². The molecule has 0 aliphatic heterocycles. The van der Waals surface area contributed by atoms with E-state index < -0.39 is 0 Å². The van der Waals surface area contributed by atoms with E-state index in [1.807, 2.05) is 34.6 Å². The molecule has 0 saturated carbocycles. The molecule has 0 heterocycles. The standard InChI is InChI=1S/C10H14.C2H6S.2C2H6/c1-4-10-6-5-8(2)9(3)7-10;1-2-3;2*1-2/h5-7H,4H2,1-3H3;3H,2H2,1H3;2*1-2H3. The molecule has 0 aliphatic rings. The van der Waals surface area contributed by atoms with Crippen LogP contribution in [0.15, 0.2) is 18.2 Å². The first-order valence-electron chi connectivity index (χ1n) is 6.82. The van der Waals surface area contributed by atoms with Gasteiger partial charge in [-0.3, -0.25) is 0 Å². The maximum atomic E-state index is 3.79. The zero-order chi connectivity index (χ0) is 14.3. The Bertz CT molecular complexity index is 241. The Morgan fingerprint density at radius 3 is 1.59 bits per heavy atom. The second-order valence-electron chi connectivity index (χ2n) is 3.09.